The second-order valence-corrected chi connectivity index (χ2v) is 7.90. The normalized spacial score (nSPS) is 11.2. The molecule has 0 aliphatic carbocycles. The van der Waals surface area contributed by atoms with Gasteiger partial charge in [0, 0.05) is 12.6 Å². The summed E-state index contributed by atoms with van der Waals surface area (Å²) in [6.07, 6.45) is 1.11. The fourth-order valence-corrected chi connectivity index (χ4v) is 2.64. The van der Waals surface area contributed by atoms with Crippen molar-refractivity contribution < 1.29 is 61.6 Å². The van der Waals surface area contributed by atoms with E-state index in [1.54, 1.807) is 0 Å². The Morgan fingerprint density at radius 3 is 0.780 bits per heavy atom. The quantitative estimate of drug-likeness (QED) is 0.0577. The third kappa shape index (κ3) is 36.7. The Hall–Kier alpha value is -1.27. The Labute approximate surface area is 244 Å². The number of hydrogen-bond acceptors (Lipinski definition) is 14. The van der Waals surface area contributed by atoms with E-state index in [4.69, 9.17) is 62.6 Å². The van der Waals surface area contributed by atoms with Crippen LogP contribution in [0.3, 0.4) is 0 Å². The molecular weight excluding hydrogens is 546 g/mol. The molecule has 14 nitrogen and oxygen atoms in total. The van der Waals surface area contributed by atoms with E-state index in [9.17, 15) is 4.79 Å². The summed E-state index contributed by atoms with van der Waals surface area (Å²) in [6, 6.07) is 0. The van der Waals surface area contributed by atoms with Gasteiger partial charge in [-0.25, -0.2) is 4.79 Å². The zero-order valence-corrected chi connectivity index (χ0v) is 24.6. The molecule has 0 rings (SSSR count). The molecule has 0 aromatic carbocycles. The van der Waals surface area contributed by atoms with Gasteiger partial charge in [-0.05, 0) is 0 Å². The maximum atomic E-state index is 10.8. The molecule has 14 heteroatoms. The number of hydrogen-bond donors (Lipinski definition) is 1. The molecule has 0 saturated carbocycles. The molecule has 244 valence electrons. The minimum absolute atomic E-state index is 0.198. The molecular formula is C27H53NO13. The van der Waals surface area contributed by atoms with Crippen LogP contribution in [0.25, 0.3) is 0 Å². The molecule has 0 spiro atoms. The minimum atomic E-state index is -0.459. The first-order valence-electron chi connectivity index (χ1n) is 14.2. The van der Waals surface area contributed by atoms with E-state index >= 15 is 0 Å². The van der Waals surface area contributed by atoms with Crippen molar-refractivity contribution in [3.05, 3.63) is 12.7 Å². The first-order valence-corrected chi connectivity index (χ1v) is 14.2. The van der Waals surface area contributed by atoms with Gasteiger partial charge in [0.1, 0.15) is 6.61 Å². The first-order chi connectivity index (χ1) is 20.3. The minimum Gasteiger partial charge on any atom is -0.460 e. The molecule has 41 heavy (non-hydrogen) atoms. The van der Waals surface area contributed by atoms with Gasteiger partial charge in [0.15, 0.2) is 0 Å². The second kappa shape index (κ2) is 36.8. The predicted molar refractivity (Wildman–Crippen MR) is 149 cm³/mol. The molecule has 0 aliphatic heterocycles. The average molecular weight is 600 g/mol. The van der Waals surface area contributed by atoms with Gasteiger partial charge in [-0.15, -0.1) is 0 Å². The van der Waals surface area contributed by atoms with E-state index < -0.39 is 5.97 Å². The Morgan fingerprint density at radius 2 is 0.585 bits per heavy atom. The van der Waals surface area contributed by atoms with Gasteiger partial charge in [-0.2, -0.15) is 0 Å². The van der Waals surface area contributed by atoms with Gasteiger partial charge in [-0.3, -0.25) is 0 Å². The topological polar surface area (TPSA) is 154 Å². The lowest BCUT2D eigenvalue weighted by atomic mass is 10.6. The highest BCUT2D eigenvalue weighted by molar-refractivity contribution is 5.81. The number of carbonyl (C=O) groups is 1. The van der Waals surface area contributed by atoms with E-state index in [1.165, 1.54) is 0 Å². The van der Waals surface area contributed by atoms with E-state index in [2.05, 4.69) is 6.58 Å². The third-order valence-electron chi connectivity index (χ3n) is 4.62. The van der Waals surface area contributed by atoms with Crippen LogP contribution in [0.2, 0.25) is 0 Å². The number of nitrogens with two attached hydrogens (primary N) is 1. The monoisotopic (exact) mass is 599 g/mol. The lowest BCUT2D eigenvalue weighted by molar-refractivity contribution is -0.139. The zero-order chi connectivity index (χ0) is 29.7. The first kappa shape index (κ1) is 39.7. The van der Waals surface area contributed by atoms with Crippen molar-refractivity contribution in [3.8, 4) is 0 Å². The molecule has 0 aromatic heterocycles. The summed E-state index contributed by atoms with van der Waals surface area (Å²) in [7, 11) is 0. The van der Waals surface area contributed by atoms with E-state index in [0.717, 1.165) is 6.08 Å². The van der Waals surface area contributed by atoms with Crippen LogP contribution in [-0.2, 0) is 61.6 Å². The molecule has 0 bridgehead atoms. The fourth-order valence-electron chi connectivity index (χ4n) is 2.64. The Bertz CT molecular complexity index is 531. The van der Waals surface area contributed by atoms with Crippen LogP contribution >= 0.6 is 0 Å². The molecule has 0 saturated heterocycles. The van der Waals surface area contributed by atoms with Crippen molar-refractivity contribution in [1.29, 1.82) is 0 Å². The lowest BCUT2D eigenvalue weighted by Crippen LogP contribution is -2.16. The average Bonchev–Trinajstić information content (AvgIpc) is 2.99. The third-order valence-corrected chi connectivity index (χ3v) is 4.62. The van der Waals surface area contributed by atoms with Crippen molar-refractivity contribution >= 4 is 5.97 Å². The van der Waals surface area contributed by atoms with Gasteiger partial charge in [-0.1, -0.05) is 6.58 Å². The summed E-state index contributed by atoms with van der Waals surface area (Å²) in [4.78, 5) is 10.8. The highest BCUT2D eigenvalue weighted by Crippen LogP contribution is 1.87. The standard InChI is InChI=1S/C27H53NO13/c1-2-27(29)41-26-25-40-24-23-39-22-21-38-20-19-37-18-17-36-16-15-35-14-13-34-12-11-33-10-9-32-8-7-31-6-5-30-4-3-28/h2H,1,3-26,28H2. The fraction of sp³-hybridized carbons (Fsp3) is 0.889. The van der Waals surface area contributed by atoms with Crippen LogP contribution in [0.1, 0.15) is 0 Å². The number of carbonyl (C=O) groups excluding carboxylic acids is 1. The Morgan fingerprint density at radius 1 is 0.390 bits per heavy atom. The van der Waals surface area contributed by atoms with Crippen LogP contribution in [0.5, 0.6) is 0 Å². The molecule has 0 aromatic rings. The van der Waals surface area contributed by atoms with Crippen LogP contribution in [0.4, 0.5) is 0 Å². The Balaban J connectivity index is 3.04. The summed E-state index contributed by atoms with van der Waals surface area (Å²) in [6.45, 7) is 14.9. The molecule has 2 N–H and O–H groups in total. The van der Waals surface area contributed by atoms with Crippen molar-refractivity contribution in [2.45, 2.75) is 0 Å². The van der Waals surface area contributed by atoms with Crippen LogP contribution in [0.15, 0.2) is 12.7 Å². The van der Waals surface area contributed by atoms with E-state index in [1.807, 2.05) is 0 Å². The second-order valence-electron chi connectivity index (χ2n) is 7.90. The predicted octanol–water partition coefficient (Wildman–Crippen LogP) is -0.143. The van der Waals surface area contributed by atoms with Gasteiger partial charge in [0.2, 0.25) is 0 Å². The smallest absolute Gasteiger partial charge is 0.330 e. The number of esters is 1. The van der Waals surface area contributed by atoms with Gasteiger partial charge in [0.25, 0.3) is 0 Å². The van der Waals surface area contributed by atoms with Crippen molar-refractivity contribution in [1.82, 2.24) is 0 Å². The SMILES string of the molecule is C=CC(=O)OCCOCCOCCOCCOCCOCCOCCOCCOCCOCCOCCOCCN. The van der Waals surface area contributed by atoms with E-state index in [0.29, 0.717) is 152 Å². The zero-order valence-electron chi connectivity index (χ0n) is 24.6. The highest BCUT2D eigenvalue weighted by atomic mass is 16.6. The molecule has 0 radical (unpaired) electrons. The van der Waals surface area contributed by atoms with Crippen LogP contribution in [0, 0.1) is 0 Å². The van der Waals surface area contributed by atoms with Gasteiger partial charge >= 0.3 is 5.97 Å². The molecule has 0 atom stereocenters. The van der Waals surface area contributed by atoms with Crippen molar-refractivity contribution in [2.75, 3.05) is 159 Å². The van der Waals surface area contributed by atoms with Crippen LogP contribution in [-0.4, -0.2) is 164 Å². The number of rotatable bonds is 36. The van der Waals surface area contributed by atoms with E-state index in [-0.39, 0.29) is 6.61 Å². The molecule has 0 amide bonds. The molecule has 0 aliphatic rings. The summed E-state index contributed by atoms with van der Waals surface area (Å²) in [5.74, 6) is -0.459. The van der Waals surface area contributed by atoms with Crippen molar-refractivity contribution in [2.24, 2.45) is 5.73 Å². The Kier molecular flexibility index (Phi) is 35.6. The molecule has 0 heterocycles. The maximum absolute atomic E-state index is 10.8. The maximum Gasteiger partial charge on any atom is 0.330 e. The van der Waals surface area contributed by atoms with Crippen molar-refractivity contribution in [3.63, 3.8) is 0 Å². The molecule has 0 fully saturated rings. The summed E-state index contributed by atoms with van der Waals surface area (Å²) in [5.41, 5.74) is 5.32. The summed E-state index contributed by atoms with van der Waals surface area (Å²) < 4.78 is 64.0. The lowest BCUT2D eigenvalue weighted by Gasteiger charge is -2.09. The summed E-state index contributed by atoms with van der Waals surface area (Å²) in [5, 5.41) is 0. The van der Waals surface area contributed by atoms with Gasteiger partial charge in [0.05, 0.1) is 145 Å². The van der Waals surface area contributed by atoms with Crippen LogP contribution < -0.4 is 5.73 Å². The largest absolute Gasteiger partial charge is 0.460 e. The highest BCUT2D eigenvalue weighted by Gasteiger charge is 1.97. The number of ether oxygens (including phenoxy) is 12. The van der Waals surface area contributed by atoms with Gasteiger partial charge < -0.3 is 62.6 Å². The molecule has 0 unspecified atom stereocenters. The summed E-state index contributed by atoms with van der Waals surface area (Å²) >= 11 is 0.